The van der Waals surface area contributed by atoms with Gasteiger partial charge in [-0.15, -0.1) is 0 Å². The van der Waals surface area contributed by atoms with Crippen molar-refractivity contribution < 1.29 is 19.5 Å². The summed E-state index contributed by atoms with van der Waals surface area (Å²) in [4.78, 5) is 55.8. The second-order valence-corrected chi connectivity index (χ2v) is 8.14. The number of hydrogen-bond donors (Lipinski definition) is 4. The van der Waals surface area contributed by atoms with E-state index >= 15 is 0 Å². The molecule has 0 aliphatic heterocycles. The molecule has 1 atom stereocenters. The number of benzene rings is 2. The molecule has 176 valence electrons. The van der Waals surface area contributed by atoms with Gasteiger partial charge in [-0.25, -0.2) is 9.59 Å². The molecule has 0 aliphatic rings. The standard InChI is InChI=1S/C25H26N4O5/c1-13-7-5-8-14(2)19(13)22(30)27-18(24(32)33)11-17-12-26-25(34)29-21(17)28-23(31)20-15(3)9-6-10-16(20)4/h5-10,12,18H,11H2,1-4H3,(H,27,30)(H,32,33)(H2,26,28,29,31,34). The van der Waals surface area contributed by atoms with Gasteiger partial charge in [0, 0.05) is 29.3 Å². The lowest BCUT2D eigenvalue weighted by molar-refractivity contribution is -0.139. The summed E-state index contributed by atoms with van der Waals surface area (Å²) in [6, 6.07) is 9.43. The molecule has 0 bridgehead atoms. The Kier molecular flexibility index (Phi) is 7.25. The van der Waals surface area contributed by atoms with E-state index in [0.717, 1.165) is 11.1 Å². The van der Waals surface area contributed by atoms with Crippen molar-refractivity contribution >= 4 is 23.6 Å². The molecule has 0 saturated heterocycles. The molecule has 9 heteroatoms. The van der Waals surface area contributed by atoms with E-state index in [0.29, 0.717) is 22.3 Å². The number of carbonyl (C=O) groups excluding carboxylic acids is 2. The largest absolute Gasteiger partial charge is 0.480 e. The predicted octanol–water partition coefficient (Wildman–Crippen LogP) is 2.68. The fraction of sp³-hybridized carbons (Fsp3) is 0.240. The molecule has 1 heterocycles. The normalized spacial score (nSPS) is 11.5. The maximum atomic E-state index is 12.9. The molecule has 1 unspecified atom stereocenters. The third-order valence-corrected chi connectivity index (χ3v) is 5.56. The quantitative estimate of drug-likeness (QED) is 0.425. The fourth-order valence-electron chi connectivity index (χ4n) is 3.85. The molecule has 0 radical (unpaired) electrons. The number of carboxylic acids is 1. The SMILES string of the molecule is Cc1cccc(C)c1C(=O)Nc1nc(=O)[nH]cc1CC(NC(=O)c1c(C)cccc1C)C(=O)O. The number of H-pyrrole nitrogens is 1. The number of carboxylic acid groups (broad SMARTS) is 1. The Labute approximate surface area is 196 Å². The average molecular weight is 463 g/mol. The molecule has 2 aromatic carbocycles. The van der Waals surface area contributed by atoms with E-state index in [1.807, 2.05) is 12.1 Å². The topological polar surface area (TPSA) is 141 Å². The molecule has 3 aromatic rings. The molecular weight excluding hydrogens is 436 g/mol. The maximum absolute atomic E-state index is 12.9. The number of aromatic amines is 1. The van der Waals surface area contributed by atoms with Gasteiger partial charge in [0.1, 0.15) is 11.9 Å². The fourth-order valence-corrected chi connectivity index (χ4v) is 3.85. The third-order valence-electron chi connectivity index (χ3n) is 5.56. The average Bonchev–Trinajstić information content (AvgIpc) is 2.74. The van der Waals surface area contributed by atoms with E-state index in [4.69, 9.17) is 0 Å². The Morgan fingerprint density at radius 1 is 0.912 bits per heavy atom. The molecule has 1 aromatic heterocycles. The first-order valence-electron chi connectivity index (χ1n) is 10.6. The van der Waals surface area contributed by atoms with Crippen molar-refractivity contribution in [3.8, 4) is 0 Å². The Hall–Kier alpha value is -4.27. The first-order valence-corrected chi connectivity index (χ1v) is 10.6. The van der Waals surface area contributed by atoms with E-state index < -0.39 is 29.5 Å². The second-order valence-electron chi connectivity index (χ2n) is 8.14. The van der Waals surface area contributed by atoms with Crippen molar-refractivity contribution in [3.05, 3.63) is 92.0 Å². The number of aromatic nitrogens is 2. The number of hydrogen-bond acceptors (Lipinski definition) is 5. The number of carbonyl (C=O) groups is 3. The Balaban J connectivity index is 1.89. The van der Waals surface area contributed by atoms with E-state index in [1.54, 1.807) is 52.0 Å². The minimum atomic E-state index is -1.32. The van der Waals surface area contributed by atoms with Crippen molar-refractivity contribution in [3.63, 3.8) is 0 Å². The van der Waals surface area contributed by atoms with Crippen LogP contribution in [0.4, 0.5) is 5.82 Å². The van der Waals surface area contributed by atoms with E-state index in [-0.39, 0.29) is 17.8 Å². The van der Waals surface area contributed by atoms with E-state index in [9.17, 15) is 24.3 Å². The zero-order chi connectivity index (χ0) is 25.0. The van der Waals surface area contributed by atoms with Crippen LogP contribution in [0.1, 0.15) is 48.5 Å². The van der Waals surface area contributed by atoms with Crippen molar-refractivity contribution in [2.45, 2.75) is 40.2 Å². The molecular formula is C25H26N4O5. The Morgan fingerprint density at radius 2 is 1.41 bits per heavy atom. The highest BCUT2D eigenvalue weighted by atomic mass is 16.4. The van der Waals surface area contributed by atoms with Crippen LogP contribution >= 0.6 is 0 Å². The zero-order valence-corrected chi connectivity index (χ0v) is 19.4. The van der Waals surface area contributed by atoms with Gasteiger partial charge >= 0.3 is 11.7 Å². The number of nitrogens with one attached hydrogen (secondary N) is 3. The van der Waals surface area contributed by atoms with Crippen molar-refractivity contribution in [1.82, 2.24) is 15.3 Å². The summed E-state index contributed by atoms with van der Waals surface area (Å²) in [7, 11) is 0. The third kappa shape index (κ3) is 5.37. The second kappa shape index (κ2) is 10.1. The first-order chi connectivity index (χ1) is 16.1. The van der Waals surface area contributed by atoms with Crippen LogP contribution in [0.25, 0.3) is 0 Å². The number of aliphatic carboxylic acids is 1. The van der Waals surface area contributed by atoms with Crippen LogP contribution < -0.4 is 16.3 Å². The van der Waals surface area contributed by atoms with Crippen LogP contribution in [0, 0.1) is 27.7 Å². The Morgan fingerprint density at radius 3 is 1.91 bits per heavy atom. The molecule has 0 spiro atoms. The lowest BCUT2D eigenvalue weighted by Gasteiger charge is -2.18. The van der Waals surface area contributed by atoms with Crippen LogP contribution in [-0.4, -0.2) is 38.9 Å². The molecule has 2 amide bonds. The minimum Gasteiger partial charge on any atom is -0.480 e. The van der Waals surface area contributed by atoms with Crippen molar-refractivity contribution in [2.75, 3.05) is 5.32 Å². The zero-order valence-electron chi connectivity index (χ0n) is 19.4. The van der Waals surface area contributed by atoms with Gasteiger partial charge in [0.05, 0.1) is 0 Å². The summed E-state index contributed by atoms with van der Waals surface area (Å²) in [5, 5.41) is 14.9. The summed E-state index contributed by atoms with van der Waals surface area (Å²) < 4.78 is 0. The number of nitrogens with zero attached hydrogens (tertiary/aromatic N) is 1. The van der Waals surface area contributed by atoms with E-state index in [2.05, 4.69) is 20.6 Å². The maximum Gasteiger partial charge on any atom is 0.346 e. The smallest absolute Gasteiger partial charge is 0.346 e. The number of anilines is 1. The van der Waals surface area contributed by atoms with Crippen molar-refractivity contribution in [2.24, 2.45) is 0 Å². The van der Waals surface area contributed by atoms with Gasteiger partial charge in [-0.05, 0) is 49.9 Å². The minimum absolute atomic E-state index is 0.0658. The van der Waals surface area contributed by atoms with Gasteiger partial charge in [0.15, 0.2) is 0 Å². The lowest BCUT2D eigenvalue weighted by Crippen LogP contribution is -2.43. The van der Waals surface area contributed by atoms with Crippen LogP contribution in [-0.2, 0) is 11.2 Å². The van der Waals surface area contributed by atoms with E-state index in [1.165, 1.54) is 6.20 Å². The molecule has 0 aliphatic carbocycles. The van der Waals surface area contributed by atoms with Gasteiger partial charge in [0.25, 0.3) is 11.8 Å². The highest BCUT2D eigenvalue weighted by Crippen LogP contribution is 2.19. The molecule has 0 saturated carbocycles. The van der Waals surface area contributed by atoms with Gasteiger partial charge in [-0.1, -0.05) is 36.4 Å². The monoisotopic (exact) mass is 462 g/mol. The summed E-state index contributed by atoms with van der Waals surface area (Å²) in [5.74, 6) is -2.33. The number of aryl methyl sites for hydroxylation is 4. The van der Waals surface area contributed by atoms with Crippen LogP contribution in [0.2, 0.25) is 0 Å². The first kappa shape index (κ1) is 24.4. The molecule has 3 rings (SSSR count). The highest BCUT2D eigenvalue weighted by Gasteiger charge is 2.25. The lowest BCUT2D eigenvalue weighted by atomic mass is 10.0. The predicted molar refractivity (Wildman–Crippen MR) is 127 cm³/mol. The summed E-state index contributed by atoms with van der Waals surface area (Å²) in [5.41, 5.74) is 3.31. The van der Waals surface area contributed by atoms with Crippen LogP contribution in [0.3, 0.4) is 0 Å². The molecule has 4 N–H and O–H groups in total. The number of amides is 2. The summed E-state index contributed by atoms with van der Waals surface area (Å²) >= 11 is 0. The van der Waals surface area contributed by atoms with Crippen LogP contribution in [0.5, 0.6) is 0 Å². The summed E-state index contributed by atoms with van der Waals surface area (Å²) in [6.45, 7) is 7.12. The van der Waals surface area contributed by atoms with Crippen LogP contribution in [0.15, 0.2) is 47.4 Å². The molecule has 0 fully saturated rings. The highest BCUT2D eigenvalue weighted by molar-refractivity contribution is 6.06. The Bertz CT molecular complexity index is 1290. The molecule has 34 heavy (non-hydrogen) atoms. The summed E-state index contributed by atoms with van der Waals surface area (Å²) in [6.07, 6.45) is 1.08. The van der Waals surface area contributed by atoms with Gasteiger partial charge in [-0.2, -0.15) is 4.98 Å². The number of rotatable bonds is 7. The van der Waals surface area contributed by atoms with Crippen molar-refractivity contribution in [1.29, 1.82) is 0 Å². The van der Waals surface area contributed by atoms with Gasteiger partial charge < -0.3 is 20.7 Å². The van der Waals surface area contributed by atoms with Gasteiger partial charge in [0.2, 0.25) is 0 Å². The molecule has 9 nitrogen and oxygen atoms in total. The van der Waals surface area contributed by atoms with Gasteiger partial charge in [-0.3, -0.25) is 9.59 Å².